The highest BCUT2D eigenvalue weighted by Crippen LogP contribution is 2.41. The lowest BCUT2D eigenvalue weighted by atomic mass is 9.83. The first kappa shape index (κ1) is 22.6. The largest absolute Gasteiger partial charge is 0.504 e. The molecule has 0 aliphatic carbocycles. The summed E-state index contributed by atoms with van der Waals surface area (Å²) in [7, 11) is 2.85. The SMILES string of the molecule is COc1cc(C[C@H]2C(=O)OC[C@@H]2[C@H](O)c2ccc(OC(C)C)c(O)c2)cc(OC)c1O. The molecule has 8 heteroatoms. The van der Waals surface area contributed by atoms with Gasteiger partial charge in [0.2, 0.25) is 5.75 Å². The average molecular weight is 432 g/mol. The van der Waals surface area contributed by atoms with Gasteiger partial charge in [0.25, 0.3) is 0 Å². The van der Waals surface area contributed by atoms with Crippen molar-refractivity contribution in [2.45, 2.75) is 32.5 Å². The molecule has 0 amide bonds. The van der Waals surface area contributed by atoms with Crippen LogP contribution in [0.1, 0.15) is 31.1 Å². The number of aliphatic hydroxyl groups excluding tert-OH is 1. The number of benzene rings is 2. The van der Waals surface area contributed by atoms with Crippen LogP contribution in [0.15, 0.2) is 30.3 Å². The maximum atomic E-state index is 12.4. The highest BCUT2D eigenvalue weighted by molar-refractivity contribution is 5.75. The molecule has 1 aliphatic heterocycles. The smallest absolute Gasteiger partial charge is 0.309 e. The predicted octanol–water partition coefficient (Wildman–Crippen LogP) is 2.97. The summed E-state index contributed by atoms with van der Waals surface area (Å²) in [6.07, 6.45) is -0.879. The number of hydrogen-bond acceptors (Lipinski definition) is 8. The third-order valence-corrected chi connectivity index (χ3v) is 5.33. The van der Waals surface area contributed by atoms with Crippen LogP contribution < -0.4 is 14.2 Å². The van der Waals surface area contributed by atoms with E-state index in [9.17, 15) is 20.1 Å². The summed E-state index contributed by atoms with van der Waals surface area (Å²) in [6, 6.07) is 7.94. The second-order valence-electron chi connectivity index (χ2n) is 7.79. The van der Waals surface area contributed by atoms with Crippen LogP contribution in [0.2, 0.25) is 0 Å². The molecule has 3 atom stereocenters. The van der Waals surface area contributed by atoms with Crippen molar-refractivity contribution < 1.29 is 39.1 Å². The topological polar surface area (TPSA) is 115 Å². The van der Waals surface area contributed by atoms with Crippen molar-refractivity contribution >= 4 is 5.97 Å². The van der Waals surface area contributed by atoms with Crippen molar-refractivity contribution in [2.24, 2.45) is 11.8 Å². The lowest BCUT2D eigenvalue weighted by Crippen LogP contribution is -2.24. The van der Waals surface area contributed by atoms with Gasteiger partial charge in [-0.15, -0.1) is 0 Å². The number of carbonyl (C=O) groups is 1. The predicted molar refractivity (Wildman–Crippen MR) is 112 cm³/mol. The van der Waals surface area contributed by atoms with Crippen molar-refractivity contribution in [1.29, 1.82) is 0 Å². The van der Waals surface area contributed by atoms with Gasteiger partial charge >= 0.3 is 5.97 Å². The minimum atomic E-state index is -1.03. The van der Waals surface area contributed by atoms with Gasteiger partial charge in [-0.05, 0) is 55.7 Å². The van der Waals surface area contributed by atoms with Crippen LogP contribution in [0.4, 0.5) is 0 Å². The Balaban J connectivity index is 1.84. The molecule has 168 valence electrons. The van der Waals surface area contributed by atoms with E-state index in [1.165, 1.54) is 20.3 Å². The number of cyclic esters (lactones) is 1. The molecule has 3 N–H and O–H groups in total. The Morgan fingerprint density at radius 1 is 1.06 bits per heavy atom. The Morgan fingerprint density at radius 3 is 2.26 bits per heavy atom. The number of carbonyl (C=O) groups excluding carboxylic acids is 1. The molecule has 3 rings (SSSR count). The highest BCUT2D eigenvalue weighted by Gasteiger charge is 2.42. The molecule has 1 fully saturated rings. The van der Waals surface area contributed by atoms with Crippen molar-refractivity contribution in [1.82, 2.24) is 0 Å². The molecule has 31 heavy (non-hydrogen) atoms. The summed E-state index contributed by atoms with van der Waals surface area (Å²) >= 11 is 0. The number of esters is 1. The minimum Gasteiger partial charge on any atom is -0.504 e. The first-order valence-electron chi connectivity index (χ1n) is 10.0. The Bertz CT molecular complexity index is 914. The van der Waals surface area contributed by atoms with Gasteiger partial charge < -0.3 is 34.3 Å². The molecule has 2 aromatic rings. The maximum Gasteiger partial charge on any atom is 0.309 e. The molecule has 0 unspecified atom stereocenters. The van der Waals surface area contributed by atoms with Crippen LogP contribution in [0, 0.1) is 11.8 Å². The Labute approximate surface area is 180 Å². The number of ether oxygens (including phenoxy) is 4. The molecular formula is C23H28O8. The number of methoxy groups -OCH3 is 2. The van der Waals surface area contributed by atoms with Crippen LogP contribution in [-0.4, -0.2) is 48.2 Å². The average Bonchev–Trinajstić information content (AvgIpc) is 3.09. The van der Waals surface area contributed by atoms with E-state index < -0.39 is 23.9 Å². The summed E-state index contributed by atoms with van der Waals surface area (Å²) in [6.45, 7) is 3.76. The molecule has 0 radical (unpaired) electrons. The second-order valence-corrected chi connectivity index (χ2v) is 7.79. The fraction of sp³-hybridized carbons (Fsp3) is 0.435. The number of rotatable bonds is 8. The van der Waals surface area contributed by atoms with Gasteiger partial charge in [-0.1, -0.05) is 6.07 Å². The lowest BCUT2D eigenvalue weighted by Gasteiger charge is -2.23. The van der Waals surface area contributed by atoms with E-state index in [1.807, 2.05) is 13.8 Å². The molecule has 1 saturated heterocycles. The molecule has 1 aliphatic rings. The van der Waals surface area contributed by atoms with E-state index in [-0.39, 0.29) is 42.1 Å². The first-order valence-corrected chi connectivity index (χ1v) is 10.0. The number of phenolic OH excluding ortho intramolecular Hbond substituents is 2. The van der Waals surface area contributed by atoms with Gasteiger partial charge in [-0.25, -0.2) is 0 Å². The molecule has 2 aromatic carbocycles. The fourth-order valence-electron chi connectivity index (χ4n) is 3.76. The number of hydrogen-bond donors (Lipinski definition) is 3. The van der Waals surface area contributed by atoms with Crippen molar-refractivity contribution in [3.63, 3.8) is 0 Å². The number of phenols is 2. The lowest BCUT2D eigenvalue weighted by molar-refractivity contribution is -0.141. The molecule has 8 nitrogen and oxygen atoms in total. The number of aliphatic hydroxyl groups is 1. The van der Waals surface area contributed by atoms with Gasteiger partial charge in [0.05, 0.1) is 39.0 Å². The van der Waals surface area contributed by atoms with Gasteiger partial charge in [-0.3, -0.25) is 4.79 Å². The third-order valence-electron chi connectivity index (χ3n) is 5.33. The van der Waals surface area contributed by atoms with Crippen LogP contribution in [-0.2, 0) is 16.0 Å². The monoisotopic (exact) mass is 432 g/mol. The summed E-state index contributed by atoms with van der Waals surface area (Å²) < 4.78 is 21.1. The van der Waals surface area contributed by atoms with Gasteiger partial charge in [0.15, 0.2) is 23.0 Å². The van der Waals surface area contributed by atoms with Crippen LogP contribution in [0.5, 0.6) is 28.7 Å². The zero-order valence-electron chi connectivity index (χ0n) is 18.0. The third kappa shape index (κ3) is 4.80. The molecular weight excluding hydrogens is 404 g/mol. The maximum absolute atomic E-state index is 12.4. The summed E-state index contributed by atoms with van der Waals surface area (Å²) in [5.74, 6) is -0.994. The molecule has 1 heterocycles. The van der Waals surface area contributed by atoms with E-state index in [2.05, 4.69) is 0 Å². The Hall–Kier alpha value is -3.13. The van der Waals surface area contributed by atoms with E-state index in [4.69, 9.17) is 18.9 Å². The minimum absolute atomic E-state index is 0.0576. The normalized spacial score (nSPS) is 19.2. The van der Waals surface area contributed by atoms with Crippen LogP contribution >= 0.6 is 0 Å². The zero-order chi connectivity index (χ0) is 22.7. The molecule has 0 saturated carbocycles. The van der Waals surface area contributed by atoms with Gasteiger partial charge in [0.1, 0.15) is 0 Å². The standard InChI is InChI=1S/C23H28O8/c1-12(2)31-18-6-5-14(10-17(18)24)21(25)16-11-30-23(27)15(16)7-13-8-19(28-3)22(26)20(9-13)29-4/h5-6,8-10,12,15-16,21,24-26H,7,11H2,1-4H3/t15-,16+,21-/m1/s1. The quantitative estimate of drug-likeness (QED) is 0.546. The molecule has 0 aromatic heterocycles. The van der Waals surface area contributed by atoms with Crippen molar-refractivity contribution in [2.75, 3.05) is 20.8 Å². The van der Waals surface area contributed by atoms with Gasteiger partial charge in [0, 0.05) is 5.92 Å². The van der Waals surface area contributed by atoms with E-state index in [0.717, 1.165) is 0 Å². The summed E-state index contributed by atoms with van der Waals surface area (Å²) in [5, 5.41) is 31.3. The van der Waals surface area contributed by atoms with E-state index in [1.54, 1.807) is 24.3 Å². The van der Waals surface area contributed by atoms with Crippen LogP contribution in [0.25, 0.3) is 0 Å². The van der Waals surface area contributed by atoms with Crippen molar-refractivity contribution in [3.05, 3.63) is 41.5 Å². The summed E-state index contributed by atoms with van der Waals surface area (Å²) in [4.78, 5) is 12.4. The number of aromatic hydroxyl groups is 2. The van der Waals surface area contributed by atoms with E-state index in [0.29, 0.717) is 16.9 Å². The second kappa shape index (κ2) is 9.34. The Kier molecular flexibility index (Phi) is 6.80. The highest BCUT2D eigenvalue weighted by atomic mass is 16.5. The van der Waals surface area contributed by atoms with Crippen LogP contribution in [0.3, 0.4) is 0 Å². The van der Waals surface area contributed by atoms with Crippen molar-refractivity contribution in [3.8, 4) is 28.7 Å². The fourth-order valence-corrected chi connectivity index (χ4v) is 3.76. The van der Waals surface area contributed by atoms with Gasteiger partial charge in [-0.2, -0.15) is 0 Å². The van der Waals surface area contributed by atoms with E-state index >= 15 is 0 Å². The molecule has 0 bridgehead atoms. The molecule has 0 spiro atoms. The summed E-state index contributed by atoms with van der Waals surface area (Å²) in [5.41, 5.74) is 1.15. The Morgan fingerprint density at radius 2 is 1.71 bits per heavy atom. The first-order chi connectivity index (χ1) is 14.7. The zero-order valence-corrected chi connectivity index (χ0v) is 18.0.